The van der Waals surface area contributed by atoms with Gasteiger partial charge in [-0.05, 0) is 84.4 Å². The highest BCUT2D eigenvalue weighted by atomic mass is 16.5. The van der Waals surface area contributed by atoms with Gasteiger partial charge in [-0.3, -0.25) is 14.5 Å². The summed E-state index contributed by atoms with van der Waals surface area (Å²) < 4.78 is 4.77. The maximum absolute atomic E-state index is 14.1. The maximum Gasteiger partial charge on any atom is 0.407 e. The van der Waals surface area contributed by atoms with E-state index in [1.807, 2.05) is 79.2 Å². The van der Waals surface area contributed by atoms with E-state index < -0.39 is 18.2 Å². The number of nitriles is 1. The molecule has 4 heterocycles. The molecule has 0 saturated carbocycles. The number of fused-ring (bicyclic) bond motifs is 1. The van der Waals surface area contributed by atoms with Crippen molar-refractivity contribution in [3.05, 3.63) is 121 Å². The van der Waals surface area contributed by atoms with Crippen LogP contribution in [0.5, 0.6) is 0 Å². The zero-order chi connectivity index (χ0) is 42.8. The molecule has 312 valence electrons. The number of aromatic nitrogens is 4. The molecule has 2 saturated heterocycles. The van der Waals surface area contributed by atoms with Crippen LogP contribution in [0.25, 0.3) is 44.4 Å². The summed E-state index contributed by atoms with van der Waals surface area (Å²) in [6, 6.07) is 31.5. The topological polar surface area (TPSA) is 163 Å². The predicted octanol–water partition coefficient (Wildman–Crippen LogP) is 8.05. The molecule has 13 heteroatoms. The van der Waals surface area contributed by atoms with Crippen LogP contribution >= 0.6 is 0 Å². The van der Waals surface area contributed by atoms with Gasteiger partial charge in [0, 0.05) is 18.7 Å². The third-order valence-corrected chi connectivity index (χ3v) is 12.1. The maximum atomic E-state index is 14.1. The van der Waals surface area contributed by atoms with Gasteiger partial charge in [-0.25, -0.2) is 14.8 Å². The Bertz CT molecular complexity index is 2580. The van der Waals surface area contributed by atoms with E-state index in [2.05, 4.69) is 82.0 Å². The van der Waals surface area contributed by atoms with E-state index in [-0.39, 0.29) is 35.7 Å². The fourth-order valence-electron chi connectivity index (χ4n) is 8.82. The zero-order valence-electron chi connectivity index (χ0n) is 35.1. The van der Waals surface area contributed by atoms with Crippen molar-refractivity contribution in [3.8, 4) is 39.7 Å². The summed E-state index contributed by atoms with van der Waals surface area (Å²) in [5.74, 6) is 0.841. The lowest BCUT2D eigenvalue weighted by atomic mass is 9.98. The molecule has 0 bridgehead atoms. The first-order chi connectivity index (χ1) is 29.5. The van der Waals surface area contributed by atoms with Crippen LogP contribution in [0.2, 0.25) is 0 Å². The molecule has 61 heavy (non-hydrogen) atoms. The van der Waals surface area contributed by atoms with E-state index in [4.69, 9.17) is 14.7 Å². The molecule has 2 fully saturated rings. The minimum atomic E-state index is -0.689. The molecular weight excluding hydrogens is 767 g/mol. The normalized spacial score (nSPS) is 18.7. The number of likely N-dealkylation sites (N-methyl/N-ethyl adjacent to an activating group) is 1. The van der Waals surface area contributed by atoms with E-state index in [1.165, 1.54) is 7.11 Å². The number of hydrogen-bond donors (Lipinski definition) is 3. The molecule has 2 aliphatic rings. The average molecular weight is 818 g/mol. The number of methoxy groups -OCH3 is 1. The van der Waals surface area contributed by atoms with Gasteiger partial charge in [-0.15, -0.1) is 0 Å². The van der Waals surface area contributed by atoms with E-state index in [1.54, 1.807) is 6.20 Å². The van der Waals surface area contributed by atoms with Gasteiger partial charge < -0.3 is 29.8 Å². The summed E-state index contributed by atoms with van der Waals surface area (Å²) >= 11 is 0. The van der Waals surface area contributed by atoms with E-state index in [0.29, 0.717) is 25.3 Å². The fraction of sp³-hybridized carbons (Fsp3) is 0.333. The number of hydrogen-bond acceptors (Lipinski definition) is 8. The minimum absolute atomic E-state index is 0.0443. The number of amides is 3. The third-order valence-electron chi connectivity index (χ3n) is 12.1. The van der Waals surface area contributed by atoms with Crippen molar-refractivity contribution >= 4 is 28.7 Å². The van der Waals surface area contributed by atoms with Crippen LogP contribution in [-0.4, -0.2) is 92.9 Å². The molecule has 3 N–H and O–H groups in total. The number of nitrogens with zero attached hydrogens (tertiary/aromatic N) is 6. The summed E-state index contributed by atoms with van der Waals surface area (Å²) in [6.45, 7) is 4.77. The van der Waals surface area contributed by atoms with Crippen LogP contribution in [0.4, 0.5) is 4.79 Å². The van der Waals surface area contributed by atoms with Gasteiger partial charge >= 0.3 is 6.09 Å². The van der Waals surface area contributed by atoms with Crippen LogP contribution in [-0.2, 0) is 14.3 Å². The van der Waals surface area contributed by atoms with Gasteiger partial charge in [0.05, 0.1) is 55.0 Å². The second-order valence-corrected chi connectivity index (χ2v) is 16.6. The molecule has 0 spiro atoms. The van der Waals surface area contributed by atoms with Crippen molar-refractivity contribution in [2.24, 2.45) is 11.8 Å². The number of nitrogens with one attached hydrogen (secondary N) is 3. The Kier molecular flexibility index (Phi) is 11.7. The molecule has 4 aromatic carbocycles. The van der Waals surface area contributed by atoms with Gasteiger partial charge in [0.2, 0.25) is 11.8 Å². The number of carbonyl (C=O) groups is 3. The second kappa shape index (κ2) is 17.4. The lowest BCUT2D eigenvalue weighted by Gasteiger charge is -2.31. The minimum Gasteiger partial charge on any atom is -0.453 e. The lowest BCUT2D eigenvalue weighted by Crippen LogP contribution is -2.51. The Morgan fingerprint density at radius 3 is 2.05 bits per heavy atom. The molecular formula is C48H51N9O4. The highest BCUT2D eigenvalue weighted by Crippen LogP contribution is 2.38. The first-order valence-corrected chi connectivity index (χ1v) is 20.8. The zero-order valence-corrected chi connectivity index (χ0v) is 35.1. The lowest BCUT2D eigenvalue weighted by molar-refractivity contribution is -0.137. The second-order valence-electron chi connectivity index (χ2n) is 16.6. The molecule has 13 nitrogen and oxygen atoms in total. The first kappa shape index (κ1) is 41.0. The molecule has 0 radical (unpaired) electrons. The van der Waals surface area contributed by atoms with Gasteiger partial charge in [0.1, 0.15) is 23.7 Å². The number of imidazole rings is 2. The van der Waals surface area contributed by atoms with E-state index >= 15 is 0 Å². The van der Waals surface area contributed by atoms with Gasteiger partial charge in [0.25, 0.3) is 0 Å². The predicted molar refractivity (Wildman–Crippen MR) is 233 cm³/mol. The van der Waals surface area contributed by atoms with Gasteiger partial charge in [0.15, 0.2) is 0 Å². The molecule has 2 aromatic heterocycles. The van der Waals surface area contributed by atoms with Crippen LogP contribution in [0.1, 0.15) is 68.4 Å². The fourth-order valence-corrected chi connectivity index (χ4v) is 8.82. The van der Waals surface area contributed by atoms with Crippen molar-refractivity contribution in [1.29, 1.82) is 5.26 Å². The van der Waals surface area contributed by atoms with Crippen LogP contribution in [0.15, 0.2) is 103 Å². The SMILES string of the molecule is COC(=O)N[C@H](C(=O)N1CCC[C@H]1c1ncc(-c2ccc3cc(-c4ccc(-c5cnc([C@@H]6C[C@@H](C#N)CN6C(=O)[C@@H](c6ccccc6)N(C)C)[nH]5)cc4)ccc3c2)[nH]1)C(C)C. The van der Waals surface area contributed by atoms with Gasteiger partial charge in [-0.1, -0.05) is 92.7 Å². The molecule has 5 atom stereocenters. The number of likely N-dealkylation sites (tertiary alicyclic amines) is 2. The van der Waals surface area contributed by atoms with Crippen molar-refractivity contribution in [1.82, 2.24) is 40.0 Å². The Morgan fingerprint density at radius 2 is 1.41 bits per heavy atom. The average Bonchev–Trinajstić information content (AvgIpc) is 4.12. The number of H-pyrrole nitrogens is 2. The summed E-state index contributed by atoms with van der Waals surface area (Å²) in [7, 11) is 5.10. The molecule has 6 aromatic rings. The molecule has 0 aliphatic carbocycles. The number of alkyl carbamates (subject to hydrolysis) is 1. The Labute approximate surface area is 355 Å². The summed E-state index contributed by atoms with van der Waals surface area (Å²) in [5.41, 5.74) is 6.75. The summed E-state index contributed by atoms with van der Waals surface area (Å²) in [6.07, 6.45) is 5.16. The standard InChI is InChI=1S/C48H51N9O4/c1-29(2)42(54-48(60)61-5)46(58)56-21-9-12-40(56)44-50-27-39(53-44)37-20-19-35-23-34(17-18-36(35)24-37)31-13-15-32(16-14-31)38-26-51-45(52-38)41-22-30(25-49)28-57(41)47(59)43(55(3)4)33-10-7-6-8-11-33/h6-8,10-11,13-20,23-24,26-27,29-30,40-43H,9,12,21-22,28H2,1-5H3,(H,50,53)(H,51,52)(H,54,60)/t30-,40-,41-,42-,43+/m0/s1. The van der Waals surface area contributed by atoms with E-state index in [9.17, 15) is 19.6 Å². The van der Waals surface area contributed by atoms with Crippen molar-refractivity contribution in [2.75, 3.05) is 34.3 Å². The van der Waals surface area contributed by atoms with Crippen molar-refractivity contribution < 1.29 is 19.1 Å². The van der Waals surface area contributed by atoms with Crippen LogP contribution in [0.3, 0.4) is 0 Å². The van der Waals surface area contributed by atoms with Gasteiger partial charge in [-0.2, -0.15) is 5.26 Å². The Hall–Kier alpha value is -6.78. The highest BCUT2D eigenvalue weighted by molar-refractivity contribution is 5.91. The van der Waals surface area contributed by atoms with E-state index in [0.717, 1.165) is 68.6 Å². The highest BCUT2D eigenvalue weighted by Gasteiger charge is 2.41. The molecule has 2 aliphatic heterocycles. The number of rotatable bonds is 11. The number of aromatic amines is 2. The molecule has 3 amide bonds. The van der Waals surface area contributed by atoms with Crippen molar-refractivity contribution in [2.45, 2.75) is 57.3 Å². The number of ether oxygens (including phenoxy) is 1. The van der Waals surface area contributed by atoms with Crippen LogP contribution < -0.4 is 5.32 Å². The van der Waals surface area contributed by atoms with Crippen molar-refractivity contribution in [3.63, 3.8) is 0 Å². The summed E-state index contributed by atoms with van der Waals surface area (Å²) in [5, 5.41) is 14.8. The van der Waals surface area contributed by atoms with Crippen LogP contribution in [0, 0.1) is 23.2 Å². The smallest absolute Gasteiger partial charge is 0.407 e. The number of benzene rings is 4. The Morgan fingerprint density at radius 1 is 0.803 bits per heavy atom. The third kappa shape index (κ3) is 8.36. The molecule has 8 rings (SSSR count). The quantitative estimate of drug-likeness (QED) is 0.118. The monoisotopic (exact) mass is 817 g/mol. The molecule has 0 unspecified atom stereocenters. The Balaban J connectivity index is 0.958. The first-order valence-electron chi connectivity index (χ1n) is 20.8. The largest absolute Gasteiger partial charge is 0.453 e. The summed E-state index contributed by atoms with van der Waals surface area (Å²) in [4.78, 5) is 61.7. The number of carbonyl (C=O) groups excluding carboxylic acids is 3.